The Hall–Kier alpha value is -0.640. The normalized spacial score (nSPS) is 48.2. The molecule has 1 heterocycles. The Morgan fingerprint density at radius 2 is 1.94 bits per heavy atom. The highest BCUT2D eigenvalue weighted by atomic mass is 16.5. The second kappa shape index (κ2) is 8.79. The fourth-order valence-corrected chi connectivity index (χ4v) is 9.02. The summed E-state index contributed by atoms with van der Waals surface area (Å²) in [5, 5.41) is 10.3. The zero-order valence-electron chi connectivity index (χ0n) is 22.2. The highest BCUT2D eigenvalue weighted by molar-refractivity contribution is 5.36. The van der Waals surface area contributed by atoms with Crippen LogP contribution in [0.3, 0.4) is 0 Å². The van der Waals surface area contributed by atoms with Crippen molar-refractivity contribution in [1.82, 2.24) is 4.90 Å². The van der Waals surface area contributed by atoms with Crippen LogP contribution in [-0.4, -0.2) is 46.9 Å². The highest BCUT2D eigenvalue weighted by Gasteiger charge is 2.55. The largest absolute Gasteiger partial charge is 0.393 e. The van der Waals surface area contributed by atoms with Gasteiger partial charge >= 0.3 is 0 Å². The number of fused-ring (bicyclic) bond motifs is 5. The van der Waals surface area contributed by atoms with Gasteiger partial charge in [0.05, 0.1) is 17.8 Å². The maximum Gasteiger partial charge on any atom is 0.0893 e. The Labute approximate surface area is 203 Å². The van der Waals surface area contributed by atoms with Gasteiger partial charge in [0.25, 0.3) is 0 Å². The lowest BCUT2D eigenvalue weighted by atomic mass is 9.56. The molecule has 0 radical (unpaired) electrons. The quantitative estimate of drug-likeness (QED) is 0.490. The zero-order chi connectivity index (χ0) is 23.5. The minimum absolute atomic E-state index is 0.0609. The first-order valence-corrected chi connectivity index (χ1v) is 14.2. The van der Waals surface area contributed by atoms with E-state index in [1.165, 1.54) is 45.1 Å². The van der Waals surface area contributed by atoms with Crippen molar-refractivity contribution in [3.8, 4) is 0 Å². The van der Waals surface area contributed by atoms with Gasteiger partial charge in [0.2, 0.25) is 0 Å². The van der Waals surface area contributed by atoms with Crippen molar-refractivity contribution >= 4 is 0 Å². The molecular formula is C30H49NO2. The molecule has 0 amide bonds. The van der Waals surface area contributed by atoms with Crippen LogP contribution in [0.2, 0.25) is 0 Å². The van der Waals surface area contributed by atoms with Gasteiger partial charge in [0.15, 0.2) is 0 Å². The minimum Gasteiger partial charge on any atom is -0.393 e. The molecule has 9 unspecified atom stereocenters. The lowest BCUT2D eigenvalue weighted by Crippen LogP contribution is -2.54. The van der Waals surface area contributed by atoms with Crippen molar-refractivity contribution < 1.29 is 9.84 Å². The van der Waals surface area contributed by atoms with E-state index < -0.39 is 0 Å². The fraction of sp³-hybridized carbons (Fsp3) is 0.867. The van der Waals surface area contributed by atoms with Crippen molar-refractivity contribution in [3.05, 3.63) is 22.8 Å². The number of likely N-dealkylation sites (N-methyl/N-ethyl adjacent to an activating group) is 1. The first kappa shape index (κ1) is 24.1. The maximum atomic E-state index is 10.3. The molecule has 1 saturated heterocycles. The summed E-state index contributed by atoms with van der Waals surface area (Å²) >= 11 is 0. The van der Waals surface area contributed by atoms with Crippen molar-refractivity contribution in [3.63, 3.8) is 0 Å². The van der Waals surface area contributed by atoms with Crippen LogP contribution in [-0.2, 0) is 4.74 Å². The predicted molar refractivity (Wildman–Crippen MR) is 136 cm³/mol. The Balaban J connectivity index is 1.42. The van der Waals surface area contributed by atoms with E-state index in [2.05, 4.69) is 52.5 Å². The fourth-order valence-electron chi connectivity index (χ4n) is 9.02. The molecule has 0 bridgehead atoms. The van der Waals surface area contributed by atoms with Gasteiger partial charge in [0.1, 0.15) is 0 Å². The molecule has 0 spiro atoms. The molecule has 1 N–H and O–H groups in total. The van der Waals surface area contributed by atoms with Crippen LogP contribution in [0.1, 0.15) is 99.3 Å². The van der Waals surface area contributed by atoms with Crippen LogP contribution in [0.5, 0.6) is 0 Å². The van der Waals surface area contributed by atoms with Gasteiger partial charge in [-0.3, -0.25) is 4.90 Å². The van der Waals surface area contributed by atoms with E-state index in [0.717, 1.165) is 43.6 Å². The number of hydrogen-bond donors (Lipinski definition) is 1. The Morgan fingerprint density at radius 3 is 2.67 bits per heavy atom. The SMILES string of the molecule is CCN1CC(C)CC(OC2(CC)CCC3C(=C2C)CC2C3CC=C3CC(O)CCC32C)C1C. The summed E-state index contributed by atoms with van der Waals surface area (Å²) in [5.41, 5.74) is 5.18. The van der Waals surface area contributed by atoms with Crippen molar-refractivity contribution in [1.29, 1.82) is 0 Å². The Kier molecular flexibility index (Phi) is 6.41. The summed E-state index contributed by atoms with van der Waals surface area (Å²) in [7, 11) is 0. The highest BCUT2D eigenvalue weighted by Crippen LogP contribution is 2.64. The summed E-state index contributed by atoms with van der Waals surface area (Å²) in [6.45, 7) is 16.8. The van der Waals surface area contributed by atoms with E-state index in [9.17, 15) is 5.11 Å². The summed E-state index contributed by atoms with van der Waals surface area (Å²) in [6, 6.07) is 0.510. The third-order valence-electron chi connectivity index (χ3n) is 11.2. The molecule has 0 aromatic rings. The molecular weight excluding hydrogens is 406 g/mol. The molecule has 3 fully saturated rings. The predicted octanol–water partition coefficient (Wildman–Crippen LogP) is 6.51. The van der Waals surface area contributed by atoms with Crippen LogP contribution < -0.4 is 0 Å². The summed E-state index contributed by atoms with van der Waals surface area (Å²) in [4.78, 5) is 2.63. The van der Waals surface area contributed by atoms with Gasteiger partial charge in [-0.25, -0.2) is 0 Å². The average molecular weight is 456 g/mol. The molecule has 9 atom stereocenters. The van der Waals surface area contributed by atoms with E-state index in [1.807, 2.05) is 0 Å². The molecule has 3 heteroatoms. The van der Waals surface area contributed by atoms with Gasteiger partial charge in [0, 0.05) is 12.6 Å². The van der Waals surface area contributed by atoms with Crippen molar-refractivity contribution in [2.75, 3.05) is 13.1 Å². The molecule has 5 aliphatic rings. The summed E-state index contributed by atoms with van der Waals surface area (Å²) in [5.74, 6) is 3.04. The molecule has 4 aliphatic carbocycles. The second-order valence-electron chi connectivity index (χ2n) is 12.7. The Bertz CT molecular complexity index is 816. The summed E-state index contributed by atoms with van der Waals surface area (Å²) in [6.07, 6.45) is 13.1. The lowest BCUT2D eigenvalue weighted by Gasteiger charge is -2.50. The summed E-state index contributed by atoms with van der Waals surface area (Å²) < 4.78 is 7.26. The van der Waals surface area contributed by atoms with E-state index >= 15 is 0 Å². The third-order valence-corrected chi connectivity index (χ3v) is 11.2. The van der Waals surface area contributed by atoms with Gasteiger partial charge in [-0.1, -0.05) is 44.9 Å². The van der Waals surface area contributed by atoms with E-state index in [1.54, 1.807) is 16.7 Å². The van der Waals surface area contributed by atoms with Crippen LogP contribution in [0.15, 0.2) is 22.8 Å². The number of allylic oxidation sites excluding steroid dienone is 2. The lowest BCUT2D eigenvalue weighted by molar-refractivity contribution is -0.134. The average Bonchev–Trinajstić information content (AvgIpc) is 3.19. The second-order valence-corrected chi connectivity index (χ2v) is 12.7. The first-order valence-electron chi connectivity index (χ1n) is 14.2. The van der Waals surface area contributed by atoms with Gasteiger partial charge in [-0.2, -0.15) is 0 Å². The number of likely N-dealkylation sites (tertiary alicyclic amines) is 1. The molecule has 5 rings (SSSR count). The van der Waals surface area contributed by atoms with Crippen LogP contribution >= 0.6 is 0 Å². The van der Waals surface area contributed by atoms with Crippen LogP contribution in [0.25, 0.3) is 0 Å². The van der Waals surface area contributed by atoms with Crippen LogP contribution in [0.4, 0.5) is 0 Å². The van der Waals surface area contributed by atoms with Gasteiger partial charge in [-0.15, -0.1) is 0 Å². The number of piperidine rings is 1. The van der Waals surface area contributed by atoms with E-state index in [-0.39, 0.29) is 11.7 Å². The minimum atomic E-state index is -0.116. The molecule has 0 aromatic carbocycles. The number of aliphatic hydroxyl groups is 1. The standard InChI is InChI=1S/C30H49NO2/c1-7-30(33-28-15-19(3)18-31(8-2)21(28)5)14-12-24-25-10-9-22-16-23(32)11-13-29(22,6)27(25)17-26(24)20(30)4/h9,19,21,23-25,27-28,32H,7-8,10-18H2,1-6H3. The zero-order valence-corrected chi connectivity index (χ0v) is 22.2. The van der Waals surface area contributed by atoms with Crippen LogP contribution in [0, 0.1) is 29.1 Å². The first-order chi connectivity index (χ1) is 15.7. The van der Waals surface area contributed by atoms with E-state index in [4.69, 9.17) is 4.74 Å². The molecule has 0 aromatic heterocycles. The molecule has 186 valence electrons. The van der Waals surface area contributed by atoms with Crippen molar-refractivity contribution in [2.45, 2.75) is 123 Å². The Morgan fingerprint density at radius 1 is 1.15 bits per heavy atom. The van der Waals surface area contributed by atoms with Gasteiger partial charge in [-0.05, 0) is 113 Å². The molecule has 1 aliphatic heterocycles. The number of ether oxygens (including phenoxy) is 1. The molecule has 2 saturated carbocycles. The monoisotopic (exact) mass is 455 g/mol. The number of nitrogens with zero attached hydrogens (tertiary/aromatic N) is 1. The van der Waals surface area contributed by atoms with Crippen molar-refractivity contribution in [2.24, 2.45) is 29.1 Å². The maximum absolute atomic E-state index is 10.3. The topological polar surface area (TPSA) is 32.7 Å². The number of rotatable bonds is 4. The van der Waals surface area contributed by atoms with Gasteiger partial charge < -0.3 is 9.84 Å². The molecule has 3 nitrogen and oxygen atoms in total. The smallest absolute Gasteiger partial charge is 0.0893 e. The number of aliphatic hydroxyl groups excluding tert-OH is 1. The third kappa shape index (κ3) is 3.80. The number of hydrogen-bond acceptors (Lipinski definition) is 3. The van der Waals surface area contributed by atoms with E-state index in [0.29, 0.717) is 23.5 Å². The molecule has 33 heavy (non-hydrogen) atoms.